The molecule has 0 atom stereocenters. The fourth-order valence-corrected chi connectivity index (χ4v) is 8.10. The Hall–Kier alpha value is -7.42. The van der Waals surface area contributed by atoms with Crippen LogP contribution in [0.1, 0.15) is 0 Å². The van der Waals surface area contributed by atoms with Gasteiger partial charge in [0.1, 0.15) is 0 Å². The average Bonchev–Trinajstić information content (AvgIpc) is 3.62. The molecule has 9 aromatic carbocycles. The van der Waals surface area contributed by atoms with Crippen LogP contribution >= 0.6 is 0 Å². The van der Waals surface area contributed by atoms with Gasteiger partial charge in [-0.1, -0.05) is 170 Å². The third-order valence-corrected chi connectivity index (χ3v) is 10.8. The molecule has 1 heterocycles. The lowest BCUT2D eigenvalue weighted by molar-refractivity contribution is 1.18. The van der Waals surface area contributed by atoms with Crippen molar-refractivity contribution in [3.05, 3.63) is 231 Å². The van der Waals surface area contributed by atoms with Crippen molar-refractivity contribution < 1.29 is 0 Å². The summed E-state index contributed by atoms with van der Waals surface area (Å²) in [7, 11) is 0. The summed E-state index contributed by atoms with van der Waals surface area (Å²) < 4.78 is 2.38. The molecule has 0 bridgehead atoms. The van der Waals surface area contributed by atoms with Crippen molar-refractivity contribution in [2.24, 2.45) is 0 Å². The molecular formula is C54H38N2. The lowest BCUT2D eigenvalue weighted by atomic mass is 9.98. The van der Waals surface area contributed by atoms with E-state index < -0.39 is 0 Å². The van der Waals surface area contributed by atoms with Crippen molar-refractivity contribution in [1.82, 2.24) is 4.57 Å². The number of rotatable bonds is 8. The third-order valence-electron chi connectivity index (χ3n) is 10.8. The molecule has 10 aromatic rings. The second-order valence-corrected chi connectivity index (χ2v) is 14.2. The second kappa shape index (κ2) is 14.4. The zero-order valence-corrected chi connectivity index (χ0v) is 30.8. The van der Waals surface area contributed by atoms with E-state index in [1.54, 1.807) is 0 Å². The molecule has 2 nitrogen and oxygen atoms in total. The van der Waals surface area contributed by atoms with Gasteiger partial charge in [0.25, 0.3) is 0 Å². The smallest absolute Gasteiger partial charge is 0.0541 e. The Morgan fingerprint density at radius 3 is 1.34 bits per heavy atom. The van der Waals surface area contributed by atoms with Crippen LogP contribution in [0.4, 0.5) is 17.1 Å². The van der Waals surface area contributed by atoms with Crippen LogP contribution < -0.4 is 4.90 Å². The first kappa shape index (κ1) is 33.2. The Kier molecular flexibility index (Phi) is 8.55. The van der Waals surface area contributed by atoms with E-state index in [0.717, 1.165) is 22.7 Å². The van der Waals surface area contributed by atoms with Crippen molar-refractivity contribution in [2.45, 2.75) is 0 Å². The quantitative estimate of drug-likeness (QED) is 0.152. The molecule has 10 rings (SSSR count). The van der Waals surface area contributed by atoms with E-state index in [1.807, 2.05) is 0 Å². The number of benzene rings is 9. The second-order valence-electron chi connectivity index (χ2n) is 14.2. The number of hydrogen-bond acceptors (Lipinski definition) is 1. The summed E-state index contributed by atoms with van der Waals surface area (Å²) >= 11 is 0. The molecule has 264 valence electrons. The predicted molar refractivity (Wildman–Crippen MR) is 237 cm³/mol. The van der Waals surface area contributed by atoms with Crippen LogP contribution in [0.5, 0.6) is 0 Å². The molecule has 0 unspecified atom stereocenters. The van der Waals surface area contributed by atoms with Crippen LogP contribution in [0.25, 0.3) is 72.0 Å². The van der Waals surface area contributed by atoms with E-state index >= 15 is 0 Å². The zero-order chi connectivity index (χ0) is 37.3. The van der Waals surface area contributed by atoms with E-state index in [9.17, 15) is 0 Å². The van der Waals surface area contributed by atoms with Crippen molar-refractivity contribution in [2.75, 3.05) is 4.90 Å². The van der Waals surface area contributed by atoms with Crippen molar-refractivity contribution in [3.8, 4) is 50.2 Å². The number of aromatic nitrogens is 1. The van der Waals surface area contributed by atoms with Crippen LogP contribution in [0.3, 0.4) is 0 Å². The van der Waals surface area contributed by atoms with Crippen LogP contribution in [-0.2, 0) is 0 Å². The van der Waals surface area contributed by atoms with Crippen molar-refractivity contribution >= 4 is 38.9 Å². The van der Waals surface area contributed by atoms with Gasteiger partial charge in [-0.15, -0.1) is 0 Å². The lowest BCUT2D eigenvalue weighted by Gasteiger charge is -2.28. The van der Waals surface area contributed by atoms with Gasteiger partial charge in [0.15, 0.2) is 0 Å². The highest BCUT2D eigenvalue weighted by molar-refractivity contribution is 6.09. The maximum absolute atomic E-state index is 2.38. The van der Waals surface area contributed by atoms with Crippen LogP contribution in [0.2, 0.25) is 0 Å². The Bertz CT molecular complexity index is 2890. The molecule has 56 heavy (non-hydrogen) atoms. The van der Waals surface area contributed by atoms with Gasteiger partial charge in [0.05, 0.1) is 16.7 Å². The molecular weight excluding hydrogens is 677 g/mol. The van der Waals surface area contributed by atoms with Gasteiger partial charge in [-0.3, -0.25) is 0 Å². The lowest BCUT2D eigenvalue weighted by Crippen LogP contribution is -2.11. The minimum Gasteiger partial charge on any atom is -0.310 e. The van der Waals surface area contributed by atoms with Gasteiger partial charge in [-0.2, -0.15) is 0 Å². The van der Waals surface area contributed by atoms with Crippen LogP contribution in [0.15, 0.2) is 231 Å². The normalized spacial score (nSPS) is 11.2. The van der Waals surface area contributed by atoms with Gasteiger partial charge in [0, 0.05) is 33.4 Å². The summed E-state index contributed by atoms with van der Waals surface area (Å²) in [6.45, 7) is 0. The molecule has 0 amide bonds. The molecule has 0 radical (unpaired) electrons. The molecule has 0 saturated heterocycles. The van der Waals surface area contributed by atoms with Gasteiger partial charge >= 0.3 is 0 Å². The summed E-state index contributed by atoms with van der Waals surface area (Å²) in [6, 6.07) is 83.0. The summed E-state index contributed by atoms with van der Waals surface area (Å²) in [6.07, 6.45) is 0. The van der Waals surface area contributed by atoms with Gasteiger partial charge < -0.3 is 9.47 Å². The molecule has 1 aromatic heterocycles. The third kappa shape index (κ3) is 6.14. The first-order valence-corrected chi connectivity index (χ1v) is 19.2. The summed E-state index contributed by atoms with van der Waals surface area (Å²) in [4.78, 5) is 2.37. The largest absolute Gasteiger partial charge is 0.310 e. The van der Waals surface area contributed by atoms with E-state index in [1.165, 1.54) is 66.3 Å². The topological polar surface area (TPSA) is 8.17 Å². The molecule has 0 fully saturated rings. The fourth-order valence-electron chi connectivity index (χ4n) is 8.10. The highest BCUT2D eigenvalue weighted by atomic mass is 15.1. The highest BCUT2D eigenvalue weighted by Crippen LogP contribution is 2.42. The zero-order valence-electron chi connectivity index (χ0n) is 30.8. The molecule has 0 saturated carbocycles. The maximum atomic E-state index is 2.38. The molecule has 0 aliphatic carbocycles. The number of hydrogen-bond donors (Lipinski definition) is 0. The van der Waals surface area contributed by atoms with E-state index in [-0.39, 0.29) is 0 Å². The van der Waals surface area contributed by atoms with E-state index in [2.05, 4.69) is 240 Å². The summed E-state index contributed by atoms with van der Waals surface area (Å²) in [5, 5.41) is 2.54. The minimum atomic E-state index is 1.10. The number of anilines is 3. The monoisotopic (exact) mass is 714 g/mol. The van der Waals surface area contributed by atoms with Gasteiger partial charge in [-0.05, 0) is 99.6 Å². The molecule has 0 aliphatic rings. The first-order chi connectivity index (χ1) is 27.8. The fraction of sp³-hybridized carbons (Fsp3) is 0. The Balaban J connectivity index is 1.02. The maximum Gasteiger partial charge on any atom is 0.0541 e. The minimum absolute atomic E-state index is 1.10. The first-order valence-electron chi connectivity index (χ1n) is 19.2. The van der Waals surface area contributed by atoms with Gasteiger partial charge in [0.2, 0.25) is 0 Å². The molecule has 0 spiro atoms. The number of para-hydroxylation sites is 3. The molecule has 0 aliphatic heterocycles. The summed E-state index contributed by atoms with van der Waals surface area (Å²) in [5.74, 6) is 0. The number of fused-ring (bicyclic) bond motifs is 3. The van der Waals surface area contributed by atoms with E-state index in [4.69, 9.17) is 0 Å². The van der Waals surface area contributed by atoms with Crippen LogP contribution in [0, 0.1) is 0 Å². The summed E-state index contributed by atoms with van der Waals surface area (Å²) in [5.41, 5.74) is 16.4. The van der Waals surface area contributed by atoms with E-state index in [0.29, 0.717) is 0 Å². The Morgan fingerprint density at radius 1 is 0.286 bits per heavy atom. The van der Waals surface area contributed by atoms with Crippen molar-refractivity contribution in [1.29, 1.82) is 0 Å². The molecule has 0 N–H and O–H groups in total. The SMILES string of the molecule is c1ccc(-c2ccc(N(c3ccc(-c4cccc(-c5cccc(-n6c7ccccc7c7ccccc76)c5)c4)cc3)c3ccccc3-c3ccccc3)cc2)cc1. The van der Waals surface area contributed by atoms with Crippen molar-refractivity contribution in [3.63, 3.8) is 0 Å². The van der Waals surface area contributed by atoms with Gasteiger partial charge in [-0.25, -0.2) is 0 Å². The average molecular weight is 715 g/mol. The predicted octanol–water partition coefficient (Wildman–Crippen LogP) is 14.9. The number of nitrogens with zero attached hydrogens (tertiary/aromatic N) is 2. The molecule has 2 heteroatoms. The highest BCUT2D eigenvalue weighted by Gasteiger charge is 2.18. The standard InChI is InChI=1S/C54H38N2/c1-3-15-39(16-4-1)40-29-33-46(34-30-40)55(52-26-10-7-23-49(52)42-17-5-2-6-18-42)47-35-31-41(32-36-47)43-19-13-20-44(37-43)45-21-14-22-48(38-45)56-53-27-11-8-24-50(53)51-25-9-12-28-54(51)56/h1-38H. The Labute approximate surface area is 327 Å². The van der Waals surface area contributed by atoms with Crippen LogP contribution in [-0.4, -0.2) is 4.57 Å². The Morgan fingerprint density at radius 2 is 0.714 bits per heavy atom.